The maximum absolute atomic E-state index is 8.67. The minimum atomic E-state index is -5.17. The van der Waals surface area contributed by atoms with Crippen molar-refractivity contribution in [2.24, 2.45) is 0 Å². The van der Waals surface area contributed by atoms with Crippen LogP contribution < -0.4 is 59.1 Å². The van der Waals surface area contributed by atoms with E-state index >= 15 is 0 Å². The molecule has 0 bridgehead atoms. The summed E-state index contributed by atoms with van der Waals surface area (Å²) in [5.41, 5.74) is 0. The Bertz CT molecular complexity index is 494. The van der Waals surface area contributed by atoms with E-state index in [0.29, 0.717) is 13.2 Å². The van der Waals surface area contributed by atoms with Gasteiger partial charge in [0.1, 0.15) is 0 Å². The Labute approximate surface area is 327 Å². The molecule has 0 radical (unpaired) electrons. The molecule has 9 heteroatoms. The van der Waals surface area contributed by atoms with Gasteiger partial charge < -0.3 is 19.3 Å². The molecule has 0 unspecified atom stereocenters. The first-order valence-electron chi connectivity index (χ1n) is 18.7. The van der Waals surface area contributed by atoms with Crippen molar-refractivity contribution in [3.05, 3.63) is 0 Å². The van der Waals surface area contributed by atoms with Crippen LogP contribution in [0.4, 0.5) is 0 Å². The van der Waals surface area contributed by atoms with E-state index in [9.17, 15) is 0 Å². The zero-order valence-electron chi connectivity index (χ0n) is 31.0. The normalized spacial score (nSPS) is 10.6. The second-order valence-electron chi connectivity index (χ2n) is 12.5. The van der Waals surface area contributed by atoms with Gasteiger partial charge in [0.2, 0.25) is 0 Å². The minimum Gasteiger partial charge on any atom is -0.759 e. The van der Waals surface area contributed by atoms with Gasteiger partial charge in [0.05, 0.1) is 0 Å². The topological polar surface area (TPSA) is 121 Å². The number of hydrogen-bond acceptors (Lipinski definition) is 6. The molecule has 2 N–H and O–H groups in total. The summed E-state index contributed by atoms with van der Waals surface area (Å²) >= 11 is 0. The summed E-state index contributed by atoms with van der Waals surface area (Å²) in [6.07, 6.45) is 44.3. The van der Waals surface area contributed by atoms with Crippen molar-refractivity contribution in [1.82, 2.24) is 0 Å². The second-order valence-corrected chi connectivity index (χ2v) is 13.3. The van der Waals surface area contributed by atoms with Crippen LogP contribution in [0.1, 0.15) is 219 Å². The van der Waals surface area contributed by atoms with Gasteiger partial charge in [-0.1, -0.05) is 206 Å². The van der Waals surface area contributed by atoms with Gasteiger partial charge in [-0.2, -0.15) is 0 Å². The smallest absolute Gasteiger partial charge is 0.759 e. The Morgan fingerprint density at radius 1 is 0.333 bits per heavy atom. The Morgan fingerprint density at radius 3 is 0.556 bits per heavy atom. The fourth-order valence-electron chi connectivity index (χ4n) is 5.32. The third kappa shape index (κ3) is 76.9. The molecule has 0 aliphatic carbocycles. The van der Waals surface area contributed by atoms with Gasteiger partial charge in [-0.05, 0) is 12.8 Å². The predicted octanol–water partition coefficient (Wildman–Crippen LogP) is 5.15. The largest absolute Gasteiger partial charge is 1.00 e. The van der Waals surface area contributed by atoms with Crippen LogP contribution in [0.2, 0.25) is 0 Å². The van der Waals surface area contributed by atoms with Crippen LogP contribution in [-0.2, 0) is 10.4 Å². The molecular weight excluding hydrogens is 606 g/mol. The maximum atomic E-state index is 8.67. The van der Waals surface area contributed by atoms with Crippen LogP contribution >= 0.6 is 0 Å². The van der Waals surface area contributed by atoms with Crippen molar-refractivity contribution in [2.45, 2.75) is 219 Å². The van der Waals surface area contributed by atoms with Crippen molar-refractivity contribution in [3.63, 3.8) is 0 Å². The van der Waals surface area contributed by atoms with E-state index in [1.54, 1.807) is 0 Å². The van der Waals surface area contributed by atoms with Gasteiger partial charge in [-0.3, -0.25) is 8.42 Å². The predicted molar refractivity (Wildman–Crippen MR) is 184 cm³/mol. The van der Waals surface area contributed by atoms with Crippen molar-refractivity contribution in [2.75, 3.05) is 13.2 Å². The van der Waals surface area contributed by atoms with E-state index in [-0.39, 0.29) is 59.1 Å². The van der Waals surface area contributed by atoms with E-state index in [1.807, 2.05) is 0 Å². The van der Waals surface area contributed by atoms with Crippen molar-refractivity contribution in [1.29, 1.82) is 0 Å². The zero-order valence-corrected chi connectivity index (χ0v) is 35.8. The van der Waals surface area contributed by atoms with Gasteiger partial charge >= 0.3 is 59.1 Å². The Hall–Kier alpha value is 1.79. The molecule has 0 saturated carbocycles. The van der Waals surface area contributed by atoms with Gasteiger partial charge in [0, 0.05) is 23.6 Å². The molecule has 0 aromatic carbocycles. The number of aliphatic hydroxyl groups excluding tert-OH is 2. The van der Waals surface area contributed by atoms with E-state index in [4.69, 9.17) is 27.7 Å². The molecule has 0 fully saturated rings. The molecule has 264 valence electrons. The van der Waals surface area contributed by atoms with Crippen LogP contribution in [0, 0.1) is 0 Å². The van der Waals surface area contributed by atoms with E-state index in [1.165, 1.54) is 193 Å². The first-order chi connectivity index (χ1) is 20.8. The molecule has 0 heterocycles. The molecule has 0 aliphatic rings. The first kappa shape index (κ1) is 56.2. The SMILES string of the molecule is CCCCCCCCCCCCCCCCCCO.CCCCCCCCCCCCCCCCCCO.O=S(=O)([O-])[O-].[Na+].[Na+]. The van der Waals surface area contributed by atoms with E-state index in [0.717, 1.165) is 12.8 Å². The maximum Gasteiger partial charge on any atom is 1.00 e. The number of aliphatic hydroxyl groups is 2. The van der Waals surface area contributed by atoms with Gasteiger partial charge in [0.15, 0.2) is 0 Å². The zero-order chi connectivity index (χ0) is 32.5. The van der Waals surface area contributed by atoms with E-state index < -0.39 is 10.4 Å². The summed E-state index contributed by atoms with van der Waals surface area (Å²) in [6.45, 7) is 5.32. The van der Waals surface area contributed by atoms with Crippen LogP contribution in [0.3, 0.4) is 0 Å². The van der Waals surface area contributed by atoms with Crippen LogP contribution in [0.5, 0.6) is 0 Å². The molecule has 0 aromatic heterocycles. The van der Waals surface area contributed by atoms with Gasteiger partial charge in [-0.25, -0.2) is 0 Å². The minimum absolute atomic E-state index is 0. The van der Waals surface area contributed by atoms with E-state index in [2.05, 4.69) is 13.8 Å². The molecule has 0 aliphatic heterocycles. The van der Waals surface area contributed by atoms with Gasteiger partial charge in [-0.15, -0.1) is 0 Å². The number of unbranched alkanes of at least 4 members (excludes halogenated alkanes) is 30. The van der Waals surface area contributed by atoms with Crippen molar-refractivity contribution >= 4 is 10.4 Å². The Morgan fingerprint density at radius 2 is 0.444 bits per heavy atom. The summed E-state index contributed by atoms with van der Waals surface area (Å²) in [5, 5.41) is 17.3. The van der Waals surface area contributed by atoms with Crippen LogP contribution in [-0.4, -0.2) is 41.0 Å². The summed E-state index contributed by atoms with van der Waals surface area (Å²) in [6, 6.07) is 0. The Balaban J connectivity index is -0.000000198. The summed E-state index contributed by atoms with van der Waals surface area (Å²) in [4.78, 5) is 0. The first-order valence-corrected chi connectivity index (χ1v) is 20.0. The van der Waals surface area contributed by atoms with Crippen molar-refractivity contribution in [3.8, 4) is 0 Å². The summed E-state index contributed by atoms with van der Waals surface area (Å²) < 4.78 is 34.1. The Kier molecular flexibility index (Phi) is 65.7. The molecule has 0 amide bonds. The molecule has 0 rings (SSSR count). The fraction of sp³-hybridized carbons (Fsp3) is 1.00. The third-order valence-corrected chi connectivity index (χ3v) is 8.02. The van der Waals surface area contributed by atoms with Gasteiger partial charge in [0.25, 0.3) is 0 Å². The molecule has 6 nitrogen and oxygen atoms in total. The second kappa shape index (κ2) is 52.6. The van der Waals surface area contributed by atoms with Crippen LogP contribution in [0.25, 0.3) is 0 Å². The fourth-order valence-corrected chi connectivity index (χ4v) is 5.32. The monoisotopic (exact) mass is 683 g/mol. The van der Waals surface area contributed by atoms with Crippen LogP contribution in [0.15, 0.2) is 0 Å². The number of hydrogen-bond donors (Lipinski definition) is 2. The summed E-state index contributed by atoms with van der Waals surface area (Å²) in [5.74, 6) is 0. The molecule has 45 heavy (non-hydrogen) atoms. The molecule has 0 atom stereocenters. The average molecular weight is 683 g/mol. The number of rotatable bonds is 32. The standard InChI is InChI=1S/2C18H38O.2Na.H2O4S/c2*1-2-3-4-5-6-7-8-9-10-11-12-13-14-15-16-17-18-19;;;1-5(2,3)4/h2*19H,2-18H2,1H3;;;(H2,1,2,3,4)/q;;2*+1;/p-2. The summed E-state index contributed by atoms with van der Waals surface area (Å²) in [7, 11) is -5.17. The molecule has 0 saturated heterocycles. The third-order valence-electron chi connectivity index (χ3n) is 8.02. The quantitative estimate of drug-likeness (QED) is 0.0439. The molecule has 0 aromatic rings. The van der Waals surface area contributed by atoms with Crippen molar-refractivity contribution < 1.29 is 86.9 Å². The molecular formula is C36H76Na2O6S. The average Bonchev–Trinajstić information content (AvgIpc) is 2.97. The molecule has 0 spiro atoms.